The molecule has 108 valence electrons. The molecule has 3 aromatic rings. The van der Waals surface area contributed by atoms with Crippen LogP contribution in [0, 0.1) is 6.92 Å². The number of ether oxygens (including phenoxy) is 1. The van der Waals surface area contributed by atoms with Crippen molar-refractivity contribution >= 4 is 5.78 Å². The van der Waals surface area contributed by atoms with Gasteiger partial charge in [0.2, 0.25) is 5.78 Å². The standard InChI is InChI=1S/C19H14O3/c1-13-11-12-21-18(13)19(14-7-3-2-4-8-14)17(20)15-9-5-6-10-16(15)22-19/h2-12H,1H3/t19-/m0/s1. The Labute approximate surface area is 128 Å². The summed E-state index contributed by atoms with van der Waals surface area (Å²) in [6.45, 7) is 1.92. The summed E-state index contributed by atoms with van der Waals surface area (Å²) >= 11 is 0. The normalized spacial score (nSPS) is 19.8. The van der Waals surface area contributed by atoms with Crippen LogP contribution in [0.25, 0.3) is 0 Å². The van der Waals surface area contributed by atoms with Gasteiger partial charge in [-0.15, -0.1) is 0 Å². The van der Waals surface area contributed by atoms with E-state index in [9.17, 15) is 4.79 Å². The molecule has 3 nitrogen and oxygen atoms in total. The summed E-state index contributed by atoms with van der Waals surface area (Å²) in [5.41, 5.74) is 1.01. The first-order valence-corrected chi connectivity index (χ1v) is 7.16. The molecule has 1 aliphatic rings. The number of carbonyl (C=O) groups excluding carboxylic acids is 1. The van der Waals surface area contributed by atoms with Crippen molar-refractivity contribution in [1.29, 1.82) is 0 Å². The Morgan fingerprint density at radius 1 is 0.909 bits per heavy atom. The molecule has 0 spiro atoms. The van der Waals surface area contributed by atoms with Gasteiger partial charge < -0.3 is 9.15 Å². The Morgan fingerprint density at radius 3 is 2.32 bits per heavy atom. The summed E-state index contributed by atoms with van der Waals surface area (Å²) in [4.78, 5) is 13.2. The van der Waals surface area contributed by atoms with E-state index in [4.69, 9.17) is 9.15 Å². The van der Waals surface area contributed by atoms with Gasteiger partial charge in [-0.25, -0.2) is 0 Å². The smallest absolute Gasteiger partial charge is 0.253 e. The topological polar surface area (TPSA) is 39.4 Å². The molecule has 3 heteroatoms. The predicted molar refractivity (Wildman–Crippen MR) is 82.1 cm³/mol. The molecule has 0 fully saturated rings. The molecule has 0 unspecified atom stereocenters. The number of rotatable bonds is 2. The van der Waals surface area contributed by atoms with Crippen LogP contribution in [0.3, 0.4) is 0 Å². The molecule has 0 N–H and O–H groups in total. The fourth-order valence-electron chi connectivity index (χ4n) is 3.02. The van der Waals surface area contributed by atoms with Crippen LogP contribution in [0.4, 0.5) is 0 Å². The number of hydrogen-bond donors (Lipinski definition) is 0. The van der Waals surface area contributed by atoms with Gasteiger partial charge in [-0.3, -0.25) is 4.79 Å². The Balaban J connectivity index is 2.01. The summed E-state index contributed by atoms with van der Waals surface area (Å²) in [6, 6.07) is 18.7. The average molecular weight is 290 g/mol. The molecule has 0 bridgehead atoms. The van der Waals surface area contributed by atoms with E-state index >= 15 is 0 Å². The van der Waals surface area contributed by atoms with Crippen LogP contribution < -0.4 is 4.74 Å². The van der Waals surface area contributed by atoms with Gasteiger partial charge in [-0.05, 0) is 30.7 Å². The summed E-state index contributed by atoms with van der Waals surface area (Å²) < 4.78 is 11.8. The van der Waals surface area contributed by atoms with E-state index in [1.807, 2.05) is 61.5 Å². The maximum absolute atomic E-state index is 13.2. The maximum Gasteiger partial charge on any atom is 0.253 e. The number of benzene rings is 2. The summed E-state index contributed by atoms with van der Waals surface area (Å²) in [5, 5.41) is 0. The third-order valence-corrected chi connectivity index (χ3v) is 4.08. The molecule has 0 saturated carbocycles. The fraction of sp³-hybridized carbons (Fsp3) is 0.105. The summed E-state index contributed by atoms with van der Waals surface area (Å²) in [7, 11) is 0. The second-order valence-corrected chi connectivity index (χ2v) is 5.41. The van der Waals surface area contributed by atoms with Crippen LogP contribution in [0.5, 0.6) is 5.75 Å². The SMILES string of the molecule is Cc1ccoc1[C@@]1(c2ccccc2)Oc2ccccc2C1=O. The molecule has 1 aromatic heterocycles. The highest BCUT2D eigenvalue weighted by atomic mass is 16.5. The van der Waals surface area contributed by atoms with E-state index in [1.54, 1.807) is 12.3 Å². The first-order valence-electron chi connectivity index (χ1n) is 7.16. The third kappa shape index (κ3) is 1.59. The van der Waals surface area contributed by atoms with Crippen LogP contribution in [-0.4, -0.2) is 5.78 Å². The zero-order valence-electron chi connectivity index (χ0n) is 12.1. The molecule has 4 rings (SSSR count). The van der Waals surface area contributed by atoms with Gasteiger partial charge in [0.15, 0.2) is 5.76 Å². The molecule has 1 aliphatic heterocycles. The molecule has 0 aliphatic carbocycles. The number of aryl methyl sites for hydroxylation is 1. The molecule has 0 amide bonds. The summed E-state index contributed by atoms with van der Waals surface area (Å²) in [5.74, 6) is 1.04. The van der Waals surface area contributed by atoms with Gasteiger partial charge >= 0.3 is 0 Å². The third-order valence-electron chi connectivity index (χ3n) is 4.08. The van der Waals surface area contributed by atoms with Crippen LogP contribution in [0.2, 0.25) is 0 Å². The van der Waals surface area contributed by atoms with E-state index < -0.39 is 5.60 Å². The van der Waals surface area contributed by atoms with Crippen LogP contribution in [-0.2, 0) is 5.60 Å². The summed E-state index contributed by atoms with van der Waals surface area (Å²) in [6.07, 6.45) is 1.59. The van der Waals surface area contributed by atoms with Gasteiger partial charge in [-0.2, -0.15) is 0 Å². The van der Waals surface area contributed by atoms with E-state index in [0.29, 0.717) is 17.1 Å². The highest BCUT2D eigenvalue weighted by molar-refractivity contribution is 6.09. The first-order chi connectivity index (χ1) is 10.7. The number of para-hydroxylation sites is 1. The Bertz CT molecular complexity index is 848. The van der Waals surface area contributed by atoms with Crippen molar-refractivity contribution in [1.82, 2.24) is 0 Å². The van der Waals surface area contributed by atoms with Gasteiger partial charge in [0.05, 0.1) is 11.8 Å². The molecule has 1 atom stereocenters. The zero-order valence-corrected chi connectivity index (χ0v) is 12.1. The monoisotopic (exact) mass is 290 g/mol. The number of carbonyl (C=O) groups is 1. The number of furan rings is 1. The lowest BCUT2D eigenvalue weighted by Gasteiger charge is -2.26. The molecule has 2 heterocycles. The maximum atomic E-state index is 13.2. The molecule has 22 heavy (non-hydrogen) atoms. The number of Topliss-reactive ketones (excluding diaryl/α,β-unsaturated/α-hetero) is 1. The van der Waals surface area contributed by atoms with E-state index in [-0.39, 0.29) is 5.78 Å². The Morgan fingerprint density at radius 2 is 1.64 bits per heavy atom. The second-order valence-electron chi connectivity index (χ2n) is 5.41. The van der Waals surface area contributed by atoms with E-state index in [1.165, 1.54) is 0 Å². The quantitative estimate of drug-likeness (QED) is 0.713. The minimum Gasteiger partial charge on any atom is -0.465 e. The number of ketones is 1. The minimum atomic E-state index is -1.24. The lowest BCUT2D eigenvalue weighted by atomic mass is 9.84. The molecule has 0 radical (unpaired) electrons. The molecular formula is C19H14O3. The van der Waals surface area contributed by atoms with E-state index in [0.717, 1.165) is 11.1 Å². The van der Waals surface area contributed by atoms with Crippen molar-refractivity contribution in [3.05, 3.63) is 89.4 Å². The number of hydrogen-bond acceptors (Lipinski definition) is 3. The van der Waals surface area contributed by atoms with Crippen LogP contribution in [0.15, 0.2) is 71.3 Å². The Kier molecular flexibility index (Phi) is 2.70. The van der Waals surface area contributed by atoms with Crippen molar-refractivity contribution < 1.29 is 13.9 Å². The van der Waals surface area contributed by atoms with Crippen molar-refractivity contribution in [3.8, 4) is 5.75 Å². The first kappa shape index (κ1) is 12.9. The second kappa shape index (κ2) is 4.60. The number of fused-ring (bicyclic) bond motifs is 1. The Hall–Kier alpha value is -2.81. The average Bonchev–Trinajstić information content (AvgIpc) is 3.11. The lowest BCUT2D eigenvalue weighted by molar-refractivity contribution is 0.0616. The zero-order chi connectivity index (χ0) is 15.2. The van der Waals surface area contributed by atoms with Crippen molar-refractivity contribution in [2.75, 3.05) is 0 Å². The van der Waals surface area contributed by atoms with Gasteiger partial charge in [0, 0.05) is 5.56 Å². The van der Waals surface area contributed by atoms with Gasteiger partial charge in [0.25, 0.3) is 5.60 Å². The van der Waals surface area contributed by atoms with Crippen molar-refractivity contribution in [2.24, 2.45) is 0 Å². The largest absolute Gasteiger partial charge is 0.465 e. The van der Waals surface area contributed by atoms with Crippen LogP contribution >= 0.6 is 0 Å². The molecule has 0 saturated heterocycles. The van der Waals surface area contributed by atoms with Crippen LogP contribution in [0.1, 0.15) is 27.2 Å². The lowest BCUT2D eigenvalue weighted by Crippen LogP contribution is -2.38. The minimum absolute atomic E-state index is 0.0904. The highest BCUT2D eigenvalue weighted by Gasteiger charge is 2.53. The molecular weight excluding hydrogens is 276 g/mol. The van der Waals surface area contributed by atoms with Crippen molar-refractivity contribution in [3.63, 3.8) is 0 Å². The predicted octanol–water partition coefficient (Wildman–Crippen LogP) is 4.11. The van der Waals surface area contributed by atoms with Crippen molar-refractivity contribution in [2.45, 2.75) is 12.5 Å². The van der Waals surface area contributed by atoms with Gasteiger partial charge in [-0.1, -0.05) is 42.5 Å². The molecule has 2 aromatic carbocycles. The van der Waals surface area contributed by atoms with E-state index in [2.05, 4.69) is 0 Å². The van der Waals surface area contributed by atoms with Gasteiger partial charge in [0.1, 0.15) is 5.75 Å². The highest BCUT2D eigenvalue weighted by Crippen LogP contribution is 2.46. The fourth-order valence-corrected chi connectivity index (χ4v) is 3.02.